The lowest BCUT2D eigenvalue weighted by molar-refractivity contribution is -0.136. The molecule has 4 aromatic rings. The Morgan fingerprint density at radius 3 is 2.47 bits per heavy atom. The molecular formula is C43H52BrN11O6S. The Morgan fingerprint density at radius 2 is 1.69 bits per heavy atom. The average Bonchev–Trinajstić information content (AvgIpc) is 3.85. The van der Waals surface area contributed by atoms with Gasteiger partial charge < -0.3 is 41.1 Å². The molecular weight excluding hydrogens is 879 g/mol. The van der Waals surface area contributed by atoms with Crippen LogP contribution in [0.1, 0.15) is 52.7 Å². The number of aryl methyl sites for hydroxylation is 1. The Hall–Kier alpha value is -5.50. The highest BCUT2D eigenvalue weighted by Crippen LogP contribution is 2.40. The van der Waals surface area contributed by atoms with Gasteiger partial charge in [0.2, 0.25) is 27.8 Å². The summed E-state index contributed by atoms with van der Waals surface area (Å²) >= 11 is 3.55. The first-order chi connectivity index (χ1) is 29.9. The largest absolute Gasteiger partial charge is 0.494 e. The van der Waals surface area contributed by atoms with E-state index in [0.29, 0.717) is 77.4 Å². The van der Waals surface area contributed by atoms with E-state index >= 15 is 0 Å². The van der Waals surface area contributed by atoms with Gasteiger partial charge in [-0.05, 0) is 83.9 Å². The van der Waals surface area contributed by atoms with Crippen LogP contribution < -0.4 is 45.8 Å². The van der Waals surface area contributed by atoms with Crippen LogP contribution in [-0.2, 0) is 32.6 Å². The number of piperidine rings is 2. The van der Waals surface area contributed by atoms with E-state index in [4.69, 9.17) is 9.72 Å². The van der Waals surface area contributed by atoms with Crippen molar-refractivity contribution in [1.82, 2.24) is 30.8 Å². The van der Waals surface area contributed by atoms with Crippen LogP contribution >= 0.6 is 15.9 Å². The molecule has 0 spiro atoms. The lowest BCUT2D eigenvalue weighted by Gasteiger charge is -2.35. The molecule has 3 amide bonds. The number of nitrogens with zero attached hydrogens (tertiary/aromatic N) is 5. The minimum absolute atomic E-state index is 0.175. The molecule has 3 aromatic carbocycles. The van der Waals surface area contributed by atoms with E-state index in [1.165, 1.54) is 10.6 Å². The van der Waals surface area contributed by atoms with Crippen molar-refractivity contribution in [2.24, 2.45) is 0 Å². The summed E-state index contributed by atoms with van der Waals surface area (Å²) in [7, 11) is -1.80. The number of aromatic nitrogens is 2. The molecule has 0 saturated carbocycles. The molecule has 328 valence electrons. The van der Waals surface area contributed by atoms with Gasteiger partial charge in [-0.1, -0.05) is 18.2 Å². The number of anilines is 7. The Balaban J connectivity index is 0.790. The molecule has 0 bridgehead atoms. The topological polar surface area (TPSA) is 202 Å². The monoisotopic (exact) mass is 929 g/mol. The normalized spacial score (nSPS) is 17.8. The summed E-state index contributed by atoms with van der Waals surface area (Å²) in [5, 5.41) is 19.7. The molecule has 5 heterocycles. The zero-order chi connectivity index (χ0) is 43.5. The molecule has 19 heteroatoms. The van der Waals surface area contributed by atoms with Gasteiger partial charge >= 0.3 is 0 Å². The number of halogens is 1. The Morgan fingerprint density at radius 1 is 0.919 bits per heavy atom. The molecule has 62 heavy (non-hydrogen) atoms. The van der Waals surface area contributed by atoms with E-state index in [9.17, 15) is 22.8 Å². The summed E-state index contributed by atoms with van der Waals surface area (Å²) in [6.07, 6.45) is 6.10. The van der Waals surface area contributed by atoms with E-state index in [-0.39, 0.29) is 18.2 Å². The van der Waals surface area contributed by atoms with Gasteiger partial charge in [0.15, 0.2) is 0 Å². The first-order valence-electron chi connectivity index (χ1n) is 20.9. The van der Waals surface area contributed by atoms with Gasteiger partial charge in [-0.2, -0.15) is 4.98 Å². The van der Waals surface area contributed by atoms with E-state index < -0.39 is 22.0 Å². The fourth-order valence-corrected chi connectivity index (χ4v) is 10.0. The van der Waals surface area contributed by atoms with Gasteiger partial charge in [0.25, 0.3) is 5.91 Å². The van der Waals surface area contributed by atoms with E-state index in [0.717, 1.165) is 79.3 Å². The molecule has 0 radical (unpaired) electrons. The second-order valence-electron chi connectivity index (χ2n) is 16.0. The number of ether oxygens (including phenoxy) is 1. The number of hydrogen-bond acceptors (Lipinski definition) is 14. The highest BCUT2D eigenvalue weighted by molar-refractivity contribution is 9.10. The number of nitrogens with one attached hydrogen (secondary N) is 6. The number of fused-ring (bicyclic) bond motifs is 2. The van der Waals surface area contributed by atoms with Crippen LogP contribution in [0.15, 0.2) is 59.2 Å². The van der Waals surface area contributed by atoms with E-state index in [1.807, 2.05) is 36.4 Å². The average molecular weight is 931 g/mol. The molecule has 0 aliphatic carbocycles. The van der Waals surface area contributed by atoms with Gasteiger partial charge in [0, 0.05) is 99.6 Å². The number of sulfonamides is 1. The summed E-state index contributed by atoms with van der Waals surface area (Å²) in [5.41, 5.74) is 7.53. The number of hydrogen-bond donors (Lipinski definition) is 6. The molecule has 8 rings (SSSR count). The van der Waals surface area contributed by atoms with Gasteiger partial charge in [0.05, 0.1) is 34.9 Å². The SMILES string of the molecule is COc1cc(N2CCC(NCCNCCNc3cccc4c3CN(C3CCC(=O)NC3=O)C4=O)CC2)c(C)cc1Nc1ncc(Br)c(Nc2cccc3c2N(S(C)(=O)=O)CC3)n1. The van der Waals surface area contributed by atoms with Crippen molar-refractivity contribution in [2.45, 2.75) is 57.7 Å². The molecule has 1 unspecified atom stereocenters. The molecule has 4 aliphatic rings. The van der Waals surface area contributed by atoms with Crippen LogP contribution in [0.3, 0.4) is 0 Å². The zero-order valence-electron chi connectivity index (χ0n) is 35.0. The molecule has 2 saturated heterocycles. The molecule has 6 N–H and O–H groups in total. The van der Waals surface area contributed by atoms with Crippen molar-refractivity contribution in [3.05, 3.63) is 81.5 Å². The van der Waals surface area contributed by atoms with Gasteiger partial charge in [-0.3, -0.25) is 24.0 Å². The maximum Gasteiger partial charge on any atom is 0.255 e. The minimum atomic E-state index is -3.45. The van der Waals surface area contributed by atoms with Crippen LogP contribution in [-0.4, -0.2) is 112 Å². The molecule has 1 aromatic heterocycles. The Labute approximate surface area is 369 Å². The minimum Gasteiger partial charge on any atom is -0.494 e. The maximum absolute atomic E-state index is 13.1. The predicted octanol–water partition coefficient (Wildman–Crippen LogP) is 4.39. The number of carbonyl (C=O) groups excluding carboxylic acids is 3. The zero-order valence-corrected chi connectivity index (χ0v) is 37.4. The summed E-state index contributed by atoms with van der Waals surface area (Å²) in [6.45, 7) is 7.72. The molecule has 17 nitrogen and oxygen atoms in total. The predicted molar refractivity (Wildman–Crippen MR) is 243 cm³/mol. The third-order valence-corrected chi connectivity index (χ3v) is 13.6. The van der Waals surface area contributed by atoms with Crippen molar-refractivity contribution in [1.29, 1.82) is 0 Å². The van der Waals surface area contributed by atoms with Crippen molar-refractivity contribution in [2.75, 3.05) is 84.3 Å². The highest BCUT2D eigenvalue weighted by Gasteiger charge is 2.40. The molecule has 2 fully saturated rings. The number of benzene rings is 3. The summed E-state index contributed by atoms with van der Waals surface area (Å²) in [6, 6.07) is 15.2. The number of para-hydroxylation sites is 1. The summed E-state index contributed by atoms with van der Waals surface area (Å²) in [4.78, 5) is 50.4. The standard InChI is InChI=1S/C43H52BrN11O6S/c1-26-22-34(50-43-48-24-31(44)40(52-43)49-33-9-4-6-27-12-21-55(39(27)33)62(3,59)60)37(61-2)23-36(26)53-19-13-28(14-20-53)46-17-15-45-16-18-47-32-8-5-7-29-30(32)25-54(42(29)58)35-10-11-38(56)51-41(35)57/h4-9,22-24,28,35,45-47H,10-21,25H2,1-3H3,(H,51,56,57)(H2,48,49,50,52). The highest BCUT2D eigenvalue weighted by atomic mass is 79.9. The maximum atomic E-state index is 13.1. The van der Waals surface area contributed by atoms with Gasteiger partial charge in [-0.25, -0.2) is 13.4 Å². The lowest BCUT2D eigenvalue weighted by Crippen LogP contribution is -2.52. The van der Waals surface area contributed by atoms with Crippen molar-refractivity contribution in [3.8, 4) is 5.75 Å². The molecule has 1 atom stereocenters. The van der Waals surface area contributed by atoms with E-state index in [1.54, 1.807) is 24.3 Å². The second-order valence-corrected chi connectivity index (χ2v) is 18.8. The van der Waals surface area contributed by atoms with Crippen LogP contribution in [0.4, 0.5) is 40.2 Å². The fraction of sp³-hybridized carbons (Fsp3) is 0.419. The third kappa shape index (κ3) is 9.30. The first-order valence-corrected chi connectivity index (χ1v) is 23.6. The molecule has 4 aliphatic heterocycles. The van der Waals surface area contributed by atoms with Gasteiger partial charge in [0.1, 0.15) is 17.6 Å². The number of amides is 3. The van der Waals surface area contributed by atoms with Crippen LogP contribution in [0.25, 0.3) is 0 Å². The van der Waals surface area contributed by atoms with Crippen LogP contribution in [0.2, 0.25) is 0 Å². The number of rotatable bonds is 16. The number of methoxy groups -OCH3 is 1. The van der Waals surface area contributed by atoms with Crippen molar-refractivity contribution < 1.29 is 27.5 Å². The van der Waals surface area contributed by atoms with Crippen molar-refractivity contribution >= 4 is 83.9 Å². The summed E-state index contributed by atoms with van der Waals surface area (Å²) < 4.78 is 33.0. The number of imide groups is 1. The van der Waals surface area contributed by atoms with E-state index in [2.05, 4.69) is 70.7 Å². The fourth-order valence-electron chi connectivity index (χ4n) is 8.75. The number of carbonyl (C=O) groups is 3. The van der Waals surface area contributed by atoms with Gasteiger partial charge in [-0.15, -0.1) is 0 Å². The quantitative estimate of drug-likeness (QED) is 0.0683. The summed E-state index contributed by atoms with van der Waals surface area (Å²) in [5.74, 6) is 0.623. The van der Waals surface area contributed by atoms with Crippen molar-refractivity contribution in [3.63, 3.8) is 0 Å². The lowest BCUT2D eigenvalue weighted by atomic mass is 10.0. The van der Waals surface area contributed by atoms with Crippen LogP contribution in [0, 0.1) is 6.92 Å². The second kappa shape index (κ2) is 18.5. The van der Waals surface area contributed by atoms with Crippen LogP contribution in [0.5, 0.6) is 5.75 Å². The Kier molecular flexibility index (Phi) is 12.9. The first kappa shape index (κ1) is 43.2. The Bertz CT molecular complexity index is 2480. The smallest absolute Gasteiger partial charge is 0.255 e. The third-order valence-electron chi connectivity index (χ3n) is 11.9.